The van der Waals surface area contributed by atoms with Crippen LogP contribution >= 0.6 is 11.6 Å². The number of amides is 1. The summed E-state index contributed by atoms with van der Waals surface area (Å²) in [5, 5.41) is 14.1. The molecule has 7 heteroatoms. The van der Waals surface area contributed by atoms with Gasteiger partial charge in [0.15, 0.2) is 0 Å². The molecule has 2 N–H and O–H groups in total. The molecule has 0 spiro atoms. The molecule has 3 rings (SSSR count). The van der Waals surface area contributed by atoms with Crippen molar-refractivity contribution in [2.45, 2.75) is 19.4 Å². The van der Waals surface area contributed by atoms with E-state index in [4.69, 9.17) is 21.1 Å². The quantitative estimate of drug-likeness (QED) is 0.515. The molecule has 6 nitrogen and oxygen atoms in total. The molecule has 3 aromatic carbocycles. The molecule has 30 heavy (non-hydrogen) atoms. The fraction of sp³-hybridized carbons (Fsp3) is 0.217. The fourth-order valence-corrected chi connectivity index (χ4v) is 2.94. The predicted octanol–water partition coefficient (Wildman–Crippen LogP) is 4.54. The fourth-order valence-electron chi connectivity index (χ4n) is 2.82. The Kier molecular flexibility index (Phi) is 6.47. The van der Waals surface area contributed by atoms with Gasteiger partial charge in [0.2, 0.25) is 0 Å². The van der Waals surface area contributed by atoms with Crippen molar-refractivity contribution in [3.63, 3.8) is 0 Å². The standard InChI is InChI=1S/C23H22ClNO5/c1-23(2,22(27)28)25-21(26)19-12-7-15-5-3-4-6-18(15)20(19)30-14-13-29-17-10-8-16(24)9-11-17/h3-12H,13-14H2,1-2H3,(H,25,26)(H,27,28). The maximum atomic E-state index is 12.8. The third-order valence-electron chi connectivity index (χ3n) is 4.50. The van der Waals surface area contributed by atoms with E-state index in [1.807, 2.05) is 24.3 Å². The molecular weight excluding hydrogens is 406 g/mol. The maximum Gasteiger partial charge on any atom is 0.328 e. The van der Waals surface area contributed by atoms with Crippen molar-refractivity contribution in [3.05, 3.63) is 71.2 Å². The minimum Gasteiger partial charge on any atom is -0.490 e. The molecule has 0 radical (unpaired) electrons. The van der Waals surface area contributed by atoms with Crippen molar-refractivity contribution in [2.24, 2.45) is 0 Å². The molecule has 0 aliphatic rings. The topological polar surface area (TPSA) is 84.9 Å². The van der Waals surface area contributed by atoms with Gasteiger partial charge in [-0.15, -0.1) is 0 Å². The van der Waals surface area contributed by atoms with Gasteiger partial charge in [-0.2, -0.15) is 0 Å². The Labute approximate surface area is 179 Å². The number of carbonyl (C=O) groups is 2. The first-order valence-electron chi connectivity index (χ1n) is 9.37. The lowest BCUT2D eigenvalue weighted by Crippen LogP contribution is -2.49. The molecule has 0 aliphatic heterocycles. The van der Waals surface area contributed by atoms with Gasteiger partial charge in [-0.3, -0.25) is 4.79 Å². The van der Waals surface area contributed by atoms with E-state index >= 15 is 0 Å². The molecule has 0 aliphatic carbocycles. The van der Waals surface area contributed by atoms with Gasteiger partial charge in [-0.05, 0) is 49.6 Å². The average Bonchev–Trinajstić information content (AvgIpc) is 2.71. The van der Waals surface area contributed by atoms with Crippen LogP contribution < -0.4 is 14.8 Å². The van der Waals surface area contributed by atoms with Crippen molar-refractivity contribution in [3.8, 4) is 11.5 Å². The zero-order valence-electron chi connectivity index (χ0n) is 16.6. The van der Waals surface area contributed by atoms with Crippen LogP contribution in [-0.2, 0) is 4.79 Å². The second-order valence-corrected chi connectivity index (χ2v) is 7.63. The number of aliphatic carboxylic acids is 1. The molecule has 1 amide bonds. The third-order valence-corrected chi connectivity index (χ3v) is 4.75. The molecule has 0 fully saturated rings. The third kappa shape index (κ3) is 5.02. The number of ether oxygens (including phenoxy) is 2. The Morgan fingerprint density at radius 1 is 0.967 bits per heavy atom. The first-order chi connectivity index (χ1) is 14.3. The Balaban J connectivity index is 1.80. The van der Waals surface area contributed by atoms with E-state index in [1.165, 1.54) is 13.8 Å². The summed E-state index contributed by atoms with van der Waals surface area (Å²) in [6.45, 7) is 3.30. The number of nitrogens with one attached hydrogen (secondary N) is 1. The van der Waals surface area contributed by atoms with Crippen LogP contribution in [0.2, 0.25) is 5.02 Å². The van der Waals surface area contributed by atoms with E-state index in [0.29, 0.717) is 16.5 Å². The van der Waals surface area contributed by atoms with E-state index < -0.39 is 17.4 Å². The van der Waals surface area contributed by atoms with E-state index in [1.54, 1.807) is 36.4 Å². The number of carboxylic acids is 1. The largest absolute Gasteiger partial charge is 0.490 e. The molecule has 0 saturated heterocycles. The normalized spacial score (nSPS) is 11.2. The first kappa shape index (κ1) is 21.5. The Hall–Kier alpha value is -3.25. The molecule has 0 aromatic heterocycles. The van der Waals surface area contributed by atoms with Crippen molar-refractivity contribution in [1.29, 1.82) is 0 Å². The van der Waals surface area contributed by atoms with Crippen LogP contribution in [0, 0.1) is 0 Å². The maximum absolute atomic E-state index is 12.8. The highest BCUT2D eigenvalue weighted by atomic mass is 35.5. The van der Waals surface area contributed by atoms with Crippen LogP contribution in [0.3, 0.4) is 0 Å². The highest BCUT2D eigenvalue weighted by Gasteiger charge is 2.30. The van der Waals surface area contributed by atoms with Gasteiger partial charge in [0.05, 0.1) is 5.56 Å². The molecule has 0 heterocycles. The minimum atomic E-state index is -1.42. The Bertz CT molecular complexity index is 1060. The Morgan fingerprint density at radius 2 is 1.63 bits per heavy atom. The van der Waals surface area contributed by atoms with Gasteiger partial charge in [0.1, 0.15) is 30.3 Å². The molecule has 0 atom stereocenters. The van der Waals surface area contributed by atoms with E-state index in [0.717, 1.165) is 10.8 Å². The lowest BCUT2D eigenvalue weighted by atomic mass is 10.0. The van der Waals surface area contributed by atoms with Crippen LogP contribution in [0.5, 0.6) is 11.5 Å². The number of hydrogen-bond donors (Lipinski definition) is 2. The average molecular weight is 428 g/mol. The van der Waals surface area contributed by atoms with Crippen LogP contribution in [0.1, 0.15) is 24.2 Å². The summed E-state index contributed by atoms with van der Waals surface area (Å²) in [5.41, 5.74) is -1.16. The Morgan fingerprint density at radius 3 is 2.33 bits per heavy atom. The van der Waals surface area contributed by atoms with Gasteiger partial charge in [-0.1, -0.05) is 41.9 Å². The summed E-state index contributed by atoms with van der Waals surface area (Å²) < 4.78 is 11.6. The second-order valence-electron chi connectivity index (χ2n) is 7.20. The van der Waals surface area contributed by atoms with E-state index in [2.05, 4.69) is 5.32 Å². The van der Waals surface area contributed by atoms with Gasteiger partial charge < -0.3 is 19.9 Å². The van der Waals surface area contributed by atoms with Crippen LogP contribution in [0.15, 0.2) is 60.7 Å². The molecular formula is C23H22ClNO5. The highest BCUT2D eigenvalue weighted by molar-refractivity contribution is 6.30. The number of carbonyl (C=O) groups excluding carboxylic acids is 1. The van der Waals surface area contributed by atoms with Crippen LogP contribution in [0.4, 0.5) is 0 Å². The van der Waals surface area contributed by atoms with Gasteiger partial charge in [-0.25, -0.2) is 4.79 Å². The summed E-state index contributed by atoms with van der Waals surface area (Å²) in [6, 6.07) is 17.9. The number of fused-ring (bicyclic) bond motifs is 1. The van der Waals surface area contributed by atoms with Crippen LogP contribution in [-0.4, -0.2) is 35.7 Å². The summed E-state index contributed by atoms with van der Waals surface area (Å²) in [6.07, 6.45) is 0. The summed E-state index contributed by atoms with van der Waals surface area (Å²) in [7, 11) is 0. The number of carboxylic acid groups (broad SMARTS) is 1. The van der Waals surface area contributed by atoms with Crippen molar-refractivity contribution in [1.82, 2.24) is 5.32 Å². The number of hydrogen-bond acceptors (Lipinski definition) is 4. The number of rotatable bonds is 8. The summed E-state index contributed by atoms with van der Waals surface area (Å²) in [5.74, 6) is -0.620. The zero-order chi connectivity index (χ0) is 21.7. The molecule has 0 unspecified atom stereocenters. The van der Waals surface area contributed by atoms with Gasteiger partial charge in [0, 0.05) is 10.4 Å². The molecule has 0 saturated carbocycles. The van der Waals surface area contributed by atoms with Gasteiger partial charge in [0.25, 0.3) is 5.91 Å². The second kappa shape index (κ2) is 9.05. The van der Waals surface area contributed by atoms with E-state index in [9.17, 15) is 14.7 Å². The number of halogens is 1. The summed E-state index contributed by atoms with van der Waals surface area (Å²) >= 11 is 5.87. The van der Waals surface area contributed by atoms with Crippen molar-refractivity contribution < 1.29 is 24.2 Å². The lowest BCUT2D eigenvalue weighted by Gasteiger charge is -2.22. The monoisotopic (exact) mass is 427 g/mol. The SMILES string of the molecule is CC(C)(NC(=O)c1ccc2ccccc2c1OCCOc1ccc(Cl)cc1)C(=O)O. The van der Waals surface area contributed by atoms with Crippen LogP contribution in [0.25, 0.3) is 10.8 Å². The zero-order valence-corrected chi connectivity index (χ0v) is 17.4. The van der Waals surface area contributed by atoms with Crippen molar-refractivity contribution in [2.75, 3.05) is 13.2 Å². The molecule has 156 valence electrons. The molecule has 0 bridgehead atoms. The van der Waals surface area contributed by atoms with Gasteiger partial charge >= 0.3 is 5.97 Å². The highest BCUT2D eigenvalue weighted by Crippen LogP contribution is 2.30. The predicted molar refractivity (Wildman–Crippen MR) is 116 cm³/mol. The smallest absolute Gasteiger partial charge is 0.328 e. The van der Waals surface area contributed by atoms with E-state index in [-0.39, 0.29) is 18.8 Å². The molecule has 3 aromatic rings. The number of benzene rings is 3. The first-order valence-corrected chi connectivity index (χ1v) is 9.74. The van der Waals surface area contributed by atoms with Crippen molar-refractivity contribution >= 4 is 34.2 Å². The minimum absolute atomic E-state index is 0.194. The summed E-state index contributed by atoms with van der Waals surface area (Å²) in [4.78, 5) is 24.2. The lowest BCUT2D eigenvalue weighted by molar-refractivity contribution is -0.143.